The van der Waals surface area contributed by atoms with Gasteiger partial charge >= 0.3 is 0 Å². The van der Waals surface area contributed by atoms with Crippen LogP contribution in [0.15, 0.2) is 37.6 Å². The lowest BCUT2D eigenvalue weighted by molar-refractivity contribution is 0.186. The number of aliphatic hydroxyl groups is 2. The molecule has 0 aromatic rings. The zero-order chi connectivity index (χ0) is 13.1. The molecule has 2 N–H and O–H groups in total. The highest BCUT2D eigenvalue weighted by Gasteiger charge is 1.70. The van der Waals surface area contributed by atoms with Crippen LogP contribution >= 0.6 is 0 Å². The van der Waals surface area contributed by atoms with E-state index in [9.17, 15) is 0 Å². The minimum absolute atomic E-state index is 0.125. The average Bonchev–Trinajstić information content (AvgIpc) is 2.32. The van der Waals surface area contributed by atoms with Crippen molar-refractivity contribution in [2.24, 2.45) is 0 Å². The maximum absolute atomic E-state index is 7.62. The lowest BCUT2D eigenvalue weighted by atomic mass is 10.6. The first-order valence-corrected chi connectivity index (χ1v) is 4.90. The van der Waals surface area contributed by atoms with Gasteiger partial charge in [-0.15, -0.1) is 13.2 Å². The fourth-order valence-electron chi connectivity index (χ4n) is 0.371. The van der Waals surface area contributed by atoms with E-state index in [1.807, 2.05) is 13.0 Å². The molecule has 0 aliphatic carbocycles. The summed E-state index contributed by atoms with van der Waals surface area (Å²) in [6.07, 6.45) is 6.88. The summed E-state index contributed by atoms with van der Waals surface area (Å²) in [7, 11) is 1.62. The molecule has 0 spiro atoms. The van der Waals surface area contributed by atoms with E-state index in [1.165, 1.54) is 0 Å². The SMILES string of the molecule is C/C=C/OC.C=CCOCC=C.OCCO. The van der Waals surface area contributed by atoms with Crippen molar-refractivity contribution in [3.05, 3.63) is 37.6 Å². The molecule has 0 bridgehead atoms. The van der Waals surface area contributed by atoms with E-state index in [-0.39, 0.29) is 13.2 Å². The molecule has 0 aromatic heterocycles. The number of rotatable bonds is 6. The topological polar surface area (TPSA) is 58.9 Å². The number of methoxy groups -OCH3 is 1. The van der Waals surface area contributed by atoms with Gasteiger partial charge in [-0.3, -0.25) is 0 Å². The largest absolute Gasteiger partial charge is 0.505 e. The molecular weight excluding hydrogens is 208 g/mol. The summed E-state index contributed by atoms with van der Waals surface area (Å²) in [5.74, 6) is 0. The normalized spacial score (nSPS) is 8.25. The Morgan fingerprint density at radius 3 is 1.62 bits per heavy atom. The lowest BCUT2D eigenvalue weighted by Gasteiger charge is -1.89. The van der Waals surface area contributed by atoms with Gasteiger partial charge in [-0.2, -0.15) is 0 Å². The molecule has 0 aromatic carbocycles. The summed E-state index contributed by atoms with van der Waals surface area (Å²) in [4.78, 5) is 0. The zero-order valence-electron chi connectivity index (χ0n) is 10.3. The fourth-order valence-corrected chi connectivity index (χ4v) is 0.371. The van der Waals surface area contributed by atoms with Crippen LogP contribution < -0.4 is 0 Å². The standard InChI is InChI=1S/C6H10O.C4H8O.C2H6O2/c1-3-5-7-6-4-2;1-3-4-5-2;3-1-2-4/h3-4H,1-2,5-6H2;3-4H,1-2H3;3-4H,1-2H2/b;4-3+;. The molecule has 4 heteroatoms. The van der Waals surface area contributed by atoms with E-state index >= 15 is 0 Å². The van der Waals surface area contributed by atoms with E-state index in [0.717, 1.165) is 0 Å². The molecule has 0 aliphatic heterocycles. The summed E-state index contributed by atoms with van der Waals surface area (Å²) >= 11 is 0. The van der Waals surface area contributed by atoms with E-state index in [4.69, 9.17) is 14.9 Å². The van der Waals surface area contributed by atoms with E-state index in [0.29, 0.717) is 13.2 Å². The van der Waals surface area contributed by atoms with E-state index < -0.39 is 0 Å². The lowest BCUT2D eigenvalue weighted by Crippen LogP contribution is -1.87. The Hall–Kier alpha value is -1.10. The van der Waals surface area contributed by atoms with Crippen molar-refractivity contribution < 1.29 is 19.7 Å². The fraction of sp³-hybridized carbons (Fsp3) is 0.500. The van der Waals surface area contributed by atoms with Gasteiger partial charge in [0.05, 0.1) is 39.8 Å². The van der Waals surface area contributed by atoms with Crippen molar-refractivity contribution in [1.29, 1.82) is 0 Å². The molecule has 0 radical (unpaired) electrons. The minimum atomic E-state index is -0.125. The Labute approximate surface area is 98.5 Å². The van der Waals surface area contributed by atoms with Crippen molar-refractivity contribution in [2.45, 2.75) is 6.92 Å². The van der Waals surface area contributed by atoms with Gasteiger partial charge in [0.1, 0.15) is 0 Å². The average molecular weight is 232 g/mol. The molecule has 0 saturated carbocycles. The number of allylic oxidation sites excluding steroid dienone is 1. The van der Waals surface area contributed by atoms with Crippen LogP contribution in [0, 0.1) is 0 Å². The highest BCUT2D eigenvalue weighted by atomic mass is 16.5. The summed E-state index contributed by atoms with van der Waals surface area (Å²) < 4.78 is 9.41. The zero-order valence-corrected chi connectivity index (χ0v) is 10.3. The van der Waals surface area contributed by atoms with Gasteiger partial charge in [-0.1, -0.05) is 18.2 Å². The number of hydrogen-bond donors (Lipinski definition) is 2. The first-order valence-electron chi connectivity index (χ1n) is 4.90. The maximum Gasteiger partial charge on any atom is 0.0781 e. The van der Waals surface area contributed by atoms with Crippen LogP contribution in [0.1, 0.15) is 6.92 Å². The molecule has 4 nitrogen and oxygen atoms in total. The third kappa shape index (κ3) is 52.5. The van der Waals surface area contributed by atoms with Crippen molar-refractivity contribution in [3.63, 3.8) is 0 Å². The second kappa shape index (κ2) is 29.2. The molecule has 0 rings (SSSR count). The quantitative estimate of drug-likeness (QED) is 0.414. The van der Waals surface area contributed by atoms with Crippen LogP contribution in [0.5, 0.6) is 0 Å². The molecule has 0 aliphatic rings. The predicted molar refractivity (Wildman–Crippen MR) is 67.2 cm³/mol. The van der Waals surface area contributed by atoms with Gasteiger partial charge in [-0.25, -0.2) is 0 Å². The first kappa shape index (κ1) is 20.3. The third-order valence-electron chi connectivity index (χ3n) is 0.844. The summed E-state index contributed by atoms with van der Waals surface area (Å²) in [5, 5.41) is 15.2. The summed E-state index contributed by atoms with van der Waals surface area (Å²) in [6, 6.07) is 0. The van der Waals surface area contributed by atoms with Gasteiger partial charge in [0, 0.05) is 0 Å². The van der Waals surface area contributed by atoms with Crippen molar-refractivity contribution in [3.8, 4) is 0 Å². The summed E-state index contributed by atoms with van der Waals surface area (Å²) in [5.41, 5.74) is 0. The molecular formula is C12H24O4. The van der Waals surface area contributed by atoms with Crippen LogP contribution in [-0.2, 0) is 9.47 Å². The Morgan fingerprint density at radius 1 is 1.06 bits per heavy atom. The molecule has 0 amide bonds. The Morgan fingerprint density at radius 2 is 1.50 bits per heavy atom. The molecule has 0 saturated heterocycles. The highest BCUT2D eigenvalue weighted by Crippen LogP contribution is 1.72. The molecule has 0 unspecified atom stereocenters. The van der Waals surface area contributed by atoms with Crippen molar-refractivity contribution >= 4 is 0 Å². The monoisotopic (exact) mass is 232 g/mol. The molecule has 0 fully saturated rings. The second-order valence-electron chi connectivity index (χ2n) is 2.27. The molecule has 0 atom stereocenters. The van der Waals surface area contributed by atoms with Crippen LogP contribution in [-0.4, -0.2) is 43.8 Å². The van der Waals surface area contributed by atoms with E-state index in [1.54, 1.807) is 25.5 Å². The highest BCUT2D eigenvalue weighted by molar-refractivity contribution is 4.68. The van der Waals surface area contributed by atoms with Gasteiger partial charge in [0.25, 0.3) is 0 Å². The number of aliphatic hydroxyl groups excluding tert-OH is 2. The molecule has 96 valence electrons. The minimum Gasteiger partial charge on any atom is -0.505 e. The summed E-state index contributed by atoms with van der Waals surface area (Å²) in [6.45, 7) is 9.84. The number of hydrogen-bond acceptors (Lipinski definition) is 4. The van der Waals surface area contributed by atoms with Crippen LogP contribution in [0.4, 0.5) is 0 Å². The van der Waals surface area contributed by atoms with Crippen molar-refractivity contribution in [1.82, 2.24) is 0 Å². The predicted octanol–water partition coefficient (Wildman–Crippen LogP) is 1.51. The number of ether oxygens (including phenoxy) is 2. The Bertz CT molecular complexity index is 134. The second-order valence-corrected chi connectivity index (χ2v) is 2.27. The Balaban J connectivity index is -0.000000166. The van der Waals surface area contributed by atoms with E-state index in [2.05, 4.69) is 17.9 Å². The van der Waals surface area contributed by atoms with Gasteiger partial charge in [0.15, 0.2) is 0 Å². The third-order valence-corrected chi connectivity index (χ3v) is 0.844. The smallest absolute Gasteiger partial charge is 0.0781 e. The van der Waals surface area contributed by atoms with Gasteiger partial charge in [0.2, 0.25) is 0 Å². The molecule has 16 heavy (non-hydrogen) atoms. The molecule has 0 heterocycles. The Kier molecular flexibility index (Phi) is 37.1. The van der Waals surface area contributed by atoms with Crippen LogP contribution in [0.25, 0.3) is 0 Å². The van der Waals surface area contributed by atoms with Crippen LogP contribution in [0.2, 0.25) is 0 Å². The first-order chi connectivity index (χ1) is 7.74. The van der Waals surface area contributed by atoms with Crippen LogP contribution in [0.3, 0.4) is 0 Å². The van der Waals surface area contributed by atoms with Gasteiger partial charge < -0.3 is 19.7 Å². The van der Waals surface area contributed by atoms with Crippen molar-refractivity contribution in [2.75, 3.05) is 33.5 Å². The maximum atomic E-state index is 7.62. The van der Waals surface area contributed by atoms with Gasteiger partial charge in [-0.05, 0) is 6.92 Å².